The predicted octanol–water partition coefficient (Wildman–Crippen LogP) is 1.67. The fraction of sp³-hybridized carbons (Fsp3) is 0.583. The SMILES string of the molecule is COc1ncnc(OC)c1-n1c(NS(=O)(=O)C2C[C@@H](OC(C)C)CN(c3ncc(F)cn3)C2)nnc1[C@H]1CCCO1. The predicted molar refractivity (Wildman–Crippen MR) is 143 cm³/mol. The average Bonchev–Trinajstić information content (AvgIpc) is 3.62. The van der Waals surface area contributed by atoms with E-state index >= 15 is 0 Å². The maximum atomic E-state index is 13.9. The molecule has 0 aliphatic carbocycles. The van der Waals surface area contributed by atoms with Gasteiger partial charge in [0, 0.05) is 19.7 Å². The number of nitrogens with zero attached hydrogens (tertiary/aromatic N) is 8. The van der Waals surface area contributed by atoms with Crippen molar-refractivity contribution in [2.24, 2.45) is 0 Å². The Morgan fingerprint density at radius 2 is 1.78 bits per heavy atom. The van der Waals surface area contributed by atoms with Crippen LogP contribution in [0.4, 0.5) is 16.3 Å². The van der Waals surface area contributed by atoms with Crippen LogP contribution in [0.5, 0.6) is 11.8 Å². The summed E-state index contributed by atoms with van der Waals surface area (Å²) in [5.74, 6) is 0.0844. The molecule has 3 aromatic heterocycles. The summed E-state index contributed by atoms with van der Waals surface area (Å²) in [4.78, 5) is 18.1. The largest absolute Gasteiger partial charge is 0.479 e. The average molecular weight is 594 g/mol. The number of anilines is 2. The van der Waals surface area contributed by atoms with Crippen molar-refractivity contribution < 1.29 is 31.8 Å². The number of ether oxygens (including phenoxy) is 4. The van der Waals surface area contributed by atoms with Gasteiger partial charge in [-0.15, -0.1) is 10.2 Å². The molecule has 0 spiro atoms. The summed E-state index contributed by atoms with van der Waals surface area (Å²) in [6.45, 7) is 4.64. The molecule has 0 bridgehead atoms. The van der Waals surface area contributed by atoms with Gasteiger partial charge in [0.1, 0.15) is 17.7 Å². The fourth-order valence-electron chi connectivity index (χ4n) is 4.97. The molecule has 0 saturated carbocycles. The quantitative estimate of drug-likeness (QED) is 0.361. The number of hydrogen-bond acceptors (Lipinski definition) is 13. The van der Waals surface area contributed by atoms with E-state index in [1.54, 1.807) is 4.90 Å². The molecule has 3 atom stereocenters. The molecule has 1 N–H and O–H groups in total. The molecule has 5 heterocycles. The van der Waals surface area contributed by atoms with Gasteiger partial charge in [-0.2, -0.15) is 9.97 Å². The van der Waals surface area contributed by atoms with E-state index in [4.69, 9.17) is 18.9 Å². The first-order valence-corrected chi connectivity index (χ1v) is 14.6. The number of sulfonamides is 1. The molecule has 1 unspecified atom stereocenters. The molecular weight excluding hydrogens is 561 g/mol. The van der Waals surface area contributed by atoms with Crippen LogP contribution in [0.25, 0.3) is 5.69 Å². The first-order chi connectivity index (χ1) is 19.7. The van der Waals surface area contributed by atoms with E-state index in [9.17, 15) is 12.8 Å². The third kappa shape index (κ3) is 6.15. The summed E-state index contributed by atoms with van der Waals surface area (Å²) in [6.07, 6.45) is 3.94. The highest BCUT2D eigenvalue weighted by atomic mass is 32.2. The van der Waals surface area contributed by atoms with Gasteiger partial charge in [-0.1, -0.05) is 0 Å². The van der Waals surface area contributed by atoms with Crippen LogP contribution in [0.15, 0.2) is 18.7 Å². The molecule has 222 valence electrons. The zero-order valence-corrected chi connectivity index (χ0v) is 23.9. The second-order valence-electron chi connectivity index (χ2n) is 9.88. The maximum Gasteiger partial charge on any atom is 0.245 e. The number of halogens is 1. The Bertz CT molecular complexity index is 1430. The van der Waals surface area contributed by atoms with Crippen LogP contribution in [0.1, 0.15) is 45.0 Å². The van der Waals surface area contributed by atoms with E-state index in [1.807, 2.05) is 13.8 Å². The molecular formula is C24H32FN9O6S. The van der Waals surface area contributed by atoms with E-state index in [0.717, 1.165) is 18.8 Å². The van der Waals surface area contributed by atoms with Crippen LogP contribution in [-0.4, -0.2) is 94.5 Å². The van der Waals surface area contributed by atoms with Gasteiger partial charge < -0.3 is 23.8 Å². The molecule has 41 heavy (non-hydrogen) atoms. The Balaban J connectivity index is 1.52. The second-order valence-corrected chi connectivity index (χ2v) is 11.8. The third-order valence-electron chi connectivity index (χ3n) is 6.67. The summed E-state index contributed by atoms with van der Waals surface area (Å²) in [7, 11) is -1.27. The van der Waals surface area contributed by atoms with Gasteiger partial charge in [0.15, 0.2) is 17.3 Å². The van der Waals surface area contributed by atoms with E-state index < -0.39 is 33.3 Å². The summed E-state index contributed by atoms with van der Waals surface area (Å²) in [5, 5.41) is 7.50. The van der Waals surface area contributed by atoms with Crippen molar-refractivity contribution in [3.05, 3.63) is 30.4 Å². The minimum Gasteiger partial charge on any atom is -0.479 e. The summed E-state index contributed by atoms with van der Waals surface area (Å²) in [6, 6.07) is 0. The van der Waals surface area contributed by atoms with Crippen molar-refractivity contribution in [3.8, 4) is 17.4 Å². The minimum atomic E-state index is -4.12. The Hall–Kier alpha value is -3.70. The summed E-state index contributed by atoms with van der Waals surface area (Å²) < 4.78 is 68.2. The normalized spacial score (nSPS) is 21.3. The molecule has 2 saturated heterocycles. The number of methoxy groups -OCH3 is 2. The number of aromatic nitrogens is 7. The van der Waals surface area contributed by atoms with Crippen molar-refractivity contribution in [3.63, 3.8) is 0 Å². The van der Waals surface area contributed by atoms with Gasteiger partial charge in [0.05, 0.1) is 38.8 Å². The highest BCUT2D eigenvalue weighted by Gasteiger charge is 2.39. The number of rotatable bonds is 10. The molecule has 2 aliphatic rings. The minimum absolute atomic E-state index is 0.0345. The molecule has 5 rings (SSSR count). The van der Waals surface area contributed by atoms with E-state index in [1.165, 1.54) is 25.1 Å². The second kappa shape index (κ2) is 12.0. The van der Waals surface area contributed by atoms with Gasteiger partial charge in [-0.25, -0.2) is 22.8 Å². The highest BCUT2D eigenvalue weighted by Crippen LogP contribution is 2.37. The Morgan fingerprint density at radius 3 is 2.39 bits per heavy atom. The molecule has 0 aromatic carbocycles. The fourth-order valence-corrected chi connectivity index (χ4v) is 6.37. The number of piperidine rings is 1. The highest BCUT2D eigenvalue weighted by molar-refractivity contribution is 7.93. The Morgan fingerprint density at radius 1 is 1.07 bits per heavy atom. The zero-order valence-electron chi connectivity index (χ0n) is 23.1. The van der Waals surface area contributed by atoms with E-state index in [0.29, 0.717) is 25.4 Å². The zero-order chi connectivity index (χ0) is 29.1. The smallest absolute Gasteiger partial charge is 0.245 e. The van der Waals surface area contributed by atoms with Gasteiger partial charge >= 0.3 is 0 Å². The van der Waals surface area contributed by atoms with E-state index in [2.05, 4.69) is 34.9 Å². The molecule has 15 nitrogen and oxygen atoms in total. The van der Waals surface area contributed by atoms with Crippen LogP contribution in [-0.2, 0) is 19.5 Å². The lowest BCUT2D eigenvalue weighted by atomic mass is 10.1. The lowest BCUT2D eigenvalue weighted by Gasteiger charge is -2.37. The van der Waals surface area contributed by atoms with Crippen molar-refractivity contribution in [1.29, 1.82) is 0 Å². The lowest BCUT2D eigenvalue weighted by Crippen LogP contribution is -2.51. The lowest BCUT2D eigenvalue weighted by molar-refractivity contribution is 0.00147. The number of nitrogens with one attached hydrogen (secondary N) is 1. The van der Waals surface area contributed by atoms with E-state index in [-0.39, 0.29) is 48.4 Å². The van der Waals surface area contributed by atoms with Crippen molar-refractivity contribution in [1.82, 2.24) is 34.7 Å². The third-order valence-corrected chi connectivity index (χ3v) is 8.36. The first-order valence-electron chi connectivity index (χ1n) is 13.1. The summed E-state index contributed by atoms with van der Waals surface area (Å²) in [5.41, 5.74) is 0.219. The molecule has 2 fully saturated rings. The maximum absolute atomic E-state index is 13.9. The van der Waals surface area contributed by atoms with Crippen LogP contribution < -0.4 is 19.1 Å². The van der Waals surface area contributed by atoms with Crippen molar-refractivity contribution in [2.75, 3.05) is 43.5 Å². The topological polar surface area (TPSA) is 169 Å². The standard InChI is InChI=1S/C24H32FN9O6S/c1-14(2)40-16-8-17(12-33(11-16)23-26-9-15(25)10-27-23)41(35,36)32-24-31-30-20(18-6-5-7-39-18)34(24)19-21(37-3)28-13-29-22(19)38-4/h9-10,13-14,16-18H,5-8,11-12H2,1-4H3,(H,31,32)/t16-,17?,18-/m1/s1. The molecule has 3 aromatic rings. The number of hydrogen-bond donors (Lipinski definition) is 1. The van der Waals surface area contributed by atoms with Gasteiger partial charge in [-0.3, -0.25) is 9.29 Å². The van der Waals surface area contributed by atoms with Crippen LogP contribution in [0, 0.1) is 5.82 Å². The van der Waals surface area contributed by atoms with Crippen LogP contribution in [0.2, 0.25) is 0 Å². The molecule has 0 radical (unpaired) electrons. The molecule has 0 amide bonds. The Labute approximate surface area is 236 Å². The van der Waals surface area contributed by atoms with Crippen LogP contribution >= 0.6 is 0 Å². The van der Waals surface area contributed by atoms with Crippen molar-refractivity contribution >= 4 is 21.9 Å². The van der Waals surface area contributed by atoms with Gasteiger partial charge in [0.2, 0.25) is 33.7 Å². The molecule has 17 heteroatoms. The van der Waals surface area contributed by atoms with Crippen LogP contribution in [0.3, 0.4) is 0 Å². The Kier molecular flexibility index (Phi) is 8.46. The molecule has 2 aliphatic heterocycles. The first kappa shape index (κ1) is 28.8. The van der Waals surface area contributed by atoms with Gasteiger partial charge in [0.25, 0.3) is 0 Å². The summed E-state index contributed by atoms with van der Waals surface area (Å²) >= 11 is 0. The van der Waals surface area contributed by atoms with Crippen molar-refractivity contribution in [2.45, 2.75) is 56.7 Å². The monoisotopic (exact) mass is 593 g/mol. The van der Waals surface area contributed by atoms with Gasteiger partial charge in [-0.05, 0) is 33.1 Å².